The Morgan fingerprint density at radius 2 is 1.73 bits per heavy atom. The molecule has 2 aromatic carbocycles. The smallest absolute Gasteiger partial charge is 0.275 e. The maximum absolute atomic E-state index is 12.4. The van der Waals surface area contributed by atoms with Gasteiger partial charge in [0.25, 0.3) is 5.56 Å². The fraction of sp³-hybridized carbons (Fsp3) is 0.0909. The molecule has 1 unspecified atom stereocenters. The summed E-state index contributed by atoms with van der Waals surface area (Å²) in [7, 11) is 0. The number of nitrogen functional groups attached to an aromatic ring is 1. The molecule has 0 saturated heterocycles. The second-order valence-corrected chi connectivity index (χ2v) is 6.52. The molecule has 150 valence electrons. The minimum absolute atomic E-state index is 0.0363. The molecule has 0 radical (unpaired) electrons. The first-order chi connectivity index (χ1) is 14.6. The number of H-pyrrole nitrogens is 1. The minimum atomic E-state index is -0.875. The van der Waals surface area contributed by atoms with Crippen LogP contribution >= 0.6 is 0 Å². The fourth-order valence-electron chi connectivity index (χ4n) is 2.86. The van der Waals surface area contributed by atoms with Crippen LogP contribution < -0.4 is 16.0 Å². The van der Waals surface area contributed by atoms with Crippen molar-refractivity contribution in [1.29, 1.82) is 0 Å². The number of hydrogen-bond donors (Lipinski definition) is 3. The highest BCUT2D eigenvalue weighted by Crippen LogP contribution is 2.21. The van der Waals surface area contributed by atoms with Crippen LogP contribution in [0.25, 0.3) is 17.2 Å². The number of benzene rings is 2. The van der Waals surface area contributed by atoms with E-state index in [-0.39, 0.29) is 35.3 Å². The number of anilines is 1. The van der Waals surface area contributed by atoms with Crippen molar-refractivity contribution < 1.29 is 9.84 Å². The maximum atomic E-state index is 12.4. The lowest BCUT2D eigenvalue weighted by Crippen LogP contribution is -2.15. The molecule has 0 bridgehead atoms. The quantitative estimate of drug-likeness (QED) is 0.453. The van der Waals surface area contributed by atoms with Gasteiger partial charge in [-0.3, -0.25) is 4.79 Å². The van der Waals surface area contributed by atoms with Crippen LogP contribution in [0.3, 0.4) is 0 Å². The molecule has 0 fully saturated rings. The highest BCUT2D eigenvalue weighted by atomic mass is 16.5. The number of aromatic amines is 1. The summed E-state index contributed by atoms with van der Waals surface area (Å²) >= 11 is 0. The van der Waals surface area contributed by atoms with Gasteiger partial charge in [-0.15, -0.1) is 0 Å². The predicted octanol–water partition coefficient (Wildman–Crippen LogP) is 2.62. The normalized spacial score (nSPS) is 12.3. The lowest BCUT2D eigenvalue weighted by Gasteiger charge is -2.09. The second kappa shape index (κ2) is 8.54. The number of aliphatic hydroxyl groups is 1. The average Bonchev–Trinajstić information content (AvgIpc) is 2.77. The Bertz CT molecular complexity index is 1240. The Balaban J connectivity index is 1.66. The van der Waals surface area contributed by atoms with Crippen molar-refractivity contribution in [1.82, 2.24) is 19.9 Å². The SMILES string of the molecule is Nc1nc(OCc2ccccc2)c2nc(/C=C\C(O)c3ccccc3)c(=O)[nH]c2n1. The molecule has 2 aromatic heterocycles. The third kappa shape index (κ3) is 4.34. The molecule has 8 heteroatoms. The number of nitrogens with two attached hydrogens (primary N) is 1. The van der Waals surface area contributed by atoms with Crippen molar-refractivity contribution in [3.63, 3.8) is 0 Å². The molecular formula is C22H19N5O3. The van der Waals surface area contributed by atoms with Gasteiger partial charge in [0.2, 0.25) is 11.8 Å². The van der Waals surface area contributed by atoms with Gasteiger partial charge in [-0.05, 0) is 23.3 Å². The highest BCUT2D eigenvalue weighted by Gasteiger charge is 2.13. The highest BCUT2D eigenvalue weighted by molar-refractivity contribution is 5.77. The molecule has 0 spiro atoms. The van der Waals surface area contributed by atoms with E-state index >= 15 is 0 Å². The standard InChI is InChI=1S/C22H19N5O3/c23-22-26-19-18(21(27-22)30-13-14-7-3-1-4-8-14)24-16(20(29)25-19)11-12-17(28)15-9-5-2-6-10-15/h1-12,17,28H,13H2,(H3,23,25,26,27,29)/b12-11-. The Kier molecular flexibility index (Phi) is 5.49. The Labute approximate surface area is 171 Å². The number of hydrogen-bond acceptors (Lipinski definition) is 7. The van der Waals surface area contributed by atoms with Gasteiger partial charge in [-0.25, -0.2) is 4.98 Å². The van der Waals surface area contributed by atoms with E-state index in [0.717, 1.165) is 5.56 Å². The molecule has 1 atom stereocenters. The molecule has 4 aromatic rings. The van der Waals surface area contributed by atoms with Crippen molar-refractivity contribution in [3.8, 4) is 5.88 Å². The Morgan fingerprint density at radius 3 is 2.47 bits per heavy atom. The number of fused-ring (bicyclic) bond motifs is 1. The van der Waals surface area contributed by atoms with Crippen molar-refractivity contribution in [2.75, 3.05) is 5.73 Å². The molecule has 0 aliphatic rings. The van der Waals surface area contributed by atoms with Gasteiger partial charge < -0.3 is 20.6 Å². The predicted molar refractivity (Wildman–Crippen MR) is 114 cm³/mol. The van der Waals surface area contributed by atoms with E-state index in [1.807, 2.05) is 48.5 Å². The summed E-state index contributed by atoms with van der Waals surface area (Å²) in [6.07, 6.45) is 2.06. The van der Waals surface area contributed by atoms with Gasteiger partial charge >= 0.3 is 0 Å². The zero-order chi connectivity index (χ0) is 20.9. The van der Waals surface area contributed by atoms with E-state index in [0.29, 0.717) is 5.56 Å². The molecule has 0 saturated carbocycles. The molecule has 2 heterocycles. The van der Waals surface area contributed by atoms with Crippen LogP contribution in [-0.2, 0) is 6.61 Å². The summed E-state index contributed by atoms with van der Waals surface area (Å²) in [6.45, 7) is 0.255. The van der Waals surface area contributed by atoms with E-state index in [1.54, 1.807) is 12.1 Å². The molecule has 30 heavy (non-hydrogen) atoms. The summed E-state index contributed by atoms with van der Waals surface area (Å²) in [6, 6.07) is 18.6. The van der Waals surface area contributed by atoms with E-state index in [4.69, 9.17) is 10.5 Å². The lowest BCUT2D eigenvalue weighted by atomic mass is 10.1. The van der Waals surface area contributed by atoms with Crippen molar-refractivity contribution in [3.05, 3.63) is 93.9 Å². The number of nitrogens with zero attached hydrogens (tertiary/aromatic N) is 3. The summed E-state index contributed by atoms with van der Waals surface area (Å²) in [4.78, 5) is 27.5. The molecular weight excluding hydrogens is 382 g/mol. The van der Waals surface area contributed by atoms with Gasteiger partial charge in [0.05, 0.1) is 6.10 Å². The molecule has 0 aliphatic carbocycles. The van der Waals surface area contributed by atoms with Crippen molar-refractivity contribution >= 4 is 23.2 Å². The van der Waals surface area contributed by atoms with Crippen LogP contribution in [0, 0.1) is 0 Å². The van der Waals surface area contributed by atoms with Crippen molar-refractivity contribution in [2.45, 2.75) is 12.7 Å². The van der Waals surface area contributed by atoms with Crippen LogP contribution in [0.2, 0.25) is 0 Å². The number of aromatic nitrogens is 4. The third-order valence-corrected chi connectivity index (χ3v) is 4.36. The first-order valence-corrected chi connectivity index (χ1v) is 9.25. The minimum Gasteiger partial charge on any atom is -0.471 e. The van der Waals surface area contributed by atoms with Crippen LogP contribution in [-0.4, -0.2) is 25.0 Å². The number of nitrogens with one attached hydrogen (secondary N) is 1. The number of rotatable bonds is 6. The Morgan fingerprint density at radius 1 is 1.03 bits per heavy atom. The lowest BCUT2D eigenvalue weighted by molar-refractivity contribution is 0.229. The largest absolute Gasteiger partial charge is 0.471 e. The first-order valence-electron chi connectivity index (χ1n) is 9.25. The van der Waals surface area contributed by atoms with Gasteiger partial charge in [0.15, 0.2) is 11.2 Å². The summed E-state index contributed by atoms with van der Waals surface area (Å²) < 4.78 is 5.79. The van der Waals surface area contributed by atoms with E-state index in [2.05, 4.69) is 19.9 Å². The molecule has 4 N–H and O–H groups in total. The van der Waals surface area contributed by atoms with Crippen LogP contribution in [0.1, 0.15) is 22.9 Å². The monoisotopic (exact) mass is 401 g/mol. The van der Waals surface area contributed by atoms with Crippen molar-refractivity contribution in [2.24, 2.45) is 0 Å². The van der Waals surface area contributed by atoms with E-state index in [1.165, 1.54) is 12.2 Å². The van der Waals surface area contributed by atoms with Crippen LogP contribution in [0.4, 0.5) is 5.95 Å². The van der Waals surface area contributed by atoms with E-state index < -0.39 is 11.7 Å². The molecule has 0 amide bonds. The third-order valence-electron chi connectivity index (χ3n) is 4.36. The topological polar surface area (TPSA) is 127 Å². The van der Waals surface area contributed by atoms with Gasteiger partial charge in [0, 0.05) is 0 Å². The molecule has 0 aliphatic heterocycles. The fourth-order valence-corrected chi connectivity index (χ4v) is 2.86. The summed E-state index contributed by atoms with van der Waals surface area (Å²) in [5.41, 5.74) is 7.47. The molecule has 8 nitrogen and oxygen atoms in total. The Hall–Kier alpha value is -4.04. The summed E-state index contributed by atoms with van der Waals surface area (Å²) in [5, 5.41) is 10.3. The van der Waals surface area contributed by atoms with Crippen LogP contribution in [0.15, 0.2) is 71.5 Å². The van der Waals surface area contributed by atoms with E-state index in [9.17, 15) is 9.90 Å². The first kappa shape index (κ1) is 19.3. The zero-order valence-corrected chi connectivity index (χ0v) is 15.9. The van der Waals surface area contributed by atoms with Gasteiger partial charge in [-0.2, -0.15) is 9.97 Å². The summed E-state index contributed by atoms with van der Waals surface area (Å²) in [5.74, 6) is 0.127. The maximum Gasteiger partial charge on any atom is 0.275 e. The van der Waals surface area contributed by atoms with Gasteiger partial charge in [0.1, 0.15) is 12.3 Å². The number of aliphatic hydroxyl groups excluding tert-OH is 1. The van der Waals surface area contributed by atoms with Crippen LogP contribution in [0.5, 0.6) is 5.88 Å². The second-order valence-electron chi connectivity index (χ2n) is 6.52. The van der Waals surface area contributed by atoms with Gasteiger partial charge in [-0.1, -0.05) is 60.7 Å². The molecule has 4 rings (SSSR count). The number of ether oxygens (including phenoxy) is 1. The average molecular weight is 401 g/mol. The zero-order valence-electron chi connectivity index (χ0n) is 15.9.